The molecule has 0 bridgehead atoms. The van der Waals surface area contributed by atoms with E-state index in [4.69, 9.17) is 0 Å². The molecule has 2 aromatic carbocycles. The van der Waals surface area contributed by atoms with Crippen molar-refractivity contribution in [1.82, 2.24) is 9.88 Å². The van der Waals surface area contributed by atoms with Crippen molar-refractivity contribution in [3.05, 3.63) is 70.7 Å². The second-order valence-electron chi connectivity index (χ2n) is 5.92. The molecular weight excluding hydrogens is 263 g/mol. The van der Waals surface area contributed by atoms with Crippen LogP contribution in [0.4, 0.5) is 4.39 Å². The van der Waals surface area contributed by atoms with Crippen LogP contribution in [0.15, 0.2) is 42.6 Å². The molecule has 1 N–H and O–H groups in total. The maximum Gasteiger partial charge on any atom is 0.123 e. The molecular formula is C18H17FN2. The van der Waals surface area contributed by atoms with Gasteiger partial charge in [0.2, 0.25) is 0 Å². The monoisotopic (exact) mass is 280 g/mol. The molecule has 21 heavy (non-hydrogen) atoms. The van der Waals surface area contributed by atoms with Gasteiger partial charge in [-0.1, -0.05) is 17.7 Å². The van der Waals surface area contributed by atoms with Crippen molar-refractivity contribution in [1.29, 1.82) is 0 Å². The molecule has 0 fully saturated rings. The Morgan fingerprint density at radius 3 is 2.86 bits per heavy atom. The van der Waals surface area contributed by atoms with Gasteiger partial charge in [0, 0.05) is 36.7 Å². The fourth-order valence-electron chi connectivity index (χ4n) is 3.21. The first kappa shape index (κ1) is 12.6. The SMILES string of the molecule is Cc1ccc2[nH]cc(CN3Cc4ccc(F)cc4C3)c2c1. The summed E-state index contributed by atoms with van der Waals surface area (Å²) >= 11 is 0. The number of aromatic amines is 1. The standard InChI is InChI=1S/C18H17FN2/c1-12-2-5-18-17(6-12)15(8-20-18)11-21-9-13-3-4-16(19)7-14(13)10-21/h2-8,20H,9-11H2,1H3. The third-order valence-electron chi connectivity index (χ3n) is 4.27. The Hall–Kier alpha value is -2.13. The van der Waals surface area contributed by atoms with Gasteiger partial charge in [-0.2, -0.15) is 0 Å². The first-order valence-electron chi connectivity index (χ1n) is 7.25. The number of aromatic nitrogens is 1. The zero-order chi connectivity index (χ0) is 14.4. The van der Waals surface area contributed by atoms with E-state index in [0.29, 0.717) is 0 Å². The molecule has 0 saturated carbocycles. The van der Waals surface area contributed by atoms with Crippen molar-refractivity contribution >= 4 is 10.9 Å². The molecule has 0 amide bonds. The van der Waals surface area contributed by atoms with E-state index in [2.05, 4.69) is 41.2 Å². The maximum atomic E-state index is 13.3. The van der Waals surface area contributed by atoms with Crippen LogP contribution in [-0.2, 0) is 19.6 Å². The van der Waals surface area contributed by atoms with Gasteiger partial charge in [0.05, 0.1) is 0 Å². The maximum absolute atomic E-state index is 13.3. The highest BCUT2D eigenvalue weighted by Gasteiger charge is 2.20. The Labute approximate surface area is 123 Å². The number of H-pyrrole nitrogens is 1. The van der Waals surface area contributed by atoms with Gasteiger partial charge in [0.25, 0.3) is 0 Å². The van der Waals surface area contributed by atoms with Gasteiger partial charge in [-0.05, 0) is 47.9 Å². The molecule has 1 aliphatic rings. The van der Waals surface area contributed by atoms with Crippen molar-refractivity contribution < 1.29 is 4.39 Å². The molecule has 1 aromatic heterocycles. The van der Waals surface area contributed by atoms with E-state index in [9.17, 15) is 4.39 Å². The highest BCUT2D eigenvalue weighted by molar-refractivity contribution is 5.83. The minimum atomic E-state index is -0.140. The van der Waals surface area contributed by atoms with Gasteiger partial charge in [0.1, 0.15) is 5.82 Å². The molecule has 0 spiro atoms. The summed E-state index contributed by atoms with van der Waals surface area (Å²) in [6.07, 6.45) is 2.09. The lowest BCUT2D eigenvalue weighted by molar-refractivity contribution is 0.276. The molecule has 2 nitrogen and oxygen atoms in total. The van der Waals surface area contributed by atoms with Gasteiger partial charge < -0.3 is 4.98 Å². The predicted molar refractivity (Wildman–Crippen MR) is 82.4 cm³/mol. The first-order valence-corrected chi connectivity index (χ1v) is 7.25. The molecule has 0 radical (unpaired) electrons. The number of halogens is 1. The van der Waals surface area contributed by atoms with Crippen LogP contribution in [0.2, 0.25) is 0 Å². The summed E-state index contributed by atoms with van der Waals surface area (Å²) in [7, 11) is 0. The minimum Gasteiger partial charge on any atom is -0.361 e. The first-order chi connectivity index (χ1) is 10.2. The van der Waals surface area contributed by atoms with Crippen LogP contribution in [0.25, 0.3) is 10.9 Å². The highest BCUT2D eigenvalue weighted by Crippen LogP contribution is 2.27. The average molecular weight is 280 g/mol. The molecule has 4 rings (SSSR count). The van der Waals surface area contributed by atoms with Crippen LogP contribution in [-0.4, -0.2) is 9.88 Å². The zero-order valence-corrected chi connectivity index (χ0v) is 12.0. The van der Waals surface area contributed by atoms with Crippen LogP contribution in [0.5, 0.6) is 0 Å². The van der Waals surface area contributed by atoms with Crippen LogP contribution in [0.3, 0.4) is 0 Å². The summed E-state index contributed by atoms with van der Waals surface area (Å²) in [6, 6.07) is 11.6. The third-order valence-corrected chi connectivity index (χ3v) is 4.27. The van der Waals surface area contributed by atoms with E-state index < -0.39 is 0 Å². The van der Waals surface area contributed by atoms with E-state index in [1.54, 1.807) is 12.1 Å². The van der Waals surface area contributed by atoms with Crippen molar-refractivity contribution in [2.24, 2.45) is 0 Å². The lowest BCUT2D eigenvalue weighted by Gasteiger charge is -2.14. The fraction of sp³-hybridized carbons (Fsp3) is 0.222. The summed E-state index contributed by atoms with van der Waals surface area (Å²) < 4.78 is 13.3. The Kier molecular flexibility index (Phi) is 2.82. The quantitative estimate of drug-likeness (QED) is 0.747. The lowest BCUT2D eigenvalue weighted by atomic mass is 10.1. The Morgan fingerprint density at radius 2 is 1.95 bits per heavy atom. The molecule has 0 aliphatic carbocycles. The zero-order valence-electron chi connectivity index (χ0n) is 12.0. The summed E-state index contributed by atoms with van der Waals surface area (Å²) in [5.41, 5.74) is 6.12. The predicted octanol–water partition coefficient (Wildman–Crippen LogP) is 4.13. The van der Waals surface area contributed by atoms with Crippen LogP contribution in [0.1, 0.15) is 22.3 Å². The molecule has 0 atom stereocenters. The number of benzene rings is 2. The summed E-state index contributed by atoms with van der Waals surface area (Å²) in [5, 5.41) is 1.29. The van der Waals surface area contributed by atoms with E-state index in [1.165, 1.54) is 27.6 Å². The number of hydrogen-bond acceptors (Lipinski definition) is 1. The van der Waals surface area contributed by atoms with Crippen LogP contribution in [0, 0.1) is 12.7 Å². The third kappa shape index (κ3) is 2.24. The summed E-state index contributed by atoms with van der Waals surface area (Å²) in [6.45, 7) is 4.73. The topological polar surface area (TPSA) is 19.0 Å². The summed E-state index contributed by atoms with van der Waals surface area (Å²) in [4.78, 5) is 5.69. The largest absolute Gasteiger partial charge is 0.361 e. The molecule has 0 unspecified atom stereocenters. The highest BCUT2D eigenvalue weighted by atomic mass is 19.1. The Balaban J connectivity index is 1.61. The van der Waals surface area contributed by atoms with Crippen LogP contribution < -0.4 is 0 Å². The molecule has 3 aromatic rings. The second-order valence-corrected chi connectivity index (χ2v) is 5.92. The average Bonchev–Trinajstić information content (AvgIpc) is 3.02. The van der Waals surface area contributed by atoms with Crippen molar-refractivity contribution in [2.75, 3.05) is 0 Å². The Morgan fingerprint density at radius 1 is 1.10 bits per heavy atom. The van der Waals surface area contributed by atoms with E-state index >= 15 is 0 Å². The molecule has 106 valence electrons. The van der Waals surface area contributed by atoms with Crippen molar-refractivity contribution in [3.63, 3.8) is 0 Å². The normalized spacial score (nSPS) is 14.8. The number of hydrogen-bond donors (Lipinski definition) is 1. The summed E-state index contributed by atoms with van der Waals surface area (Å²) in [5.74, 6) is -0.140. The molecule has 1 aliphatic heterocycles. The smallest absolute Gasteiger partial charge is 0.123 e. The van der Waals surface area contributed by atoms with Gasteiger partial charge in [0.15, 0.2) is 0 Å². The molecule has 0 saturated heterocycles. The van der Waals surface area contributed by atoms with E-state index in [1.807, 2.05) is 6.07 Å². The van der Waals surface area contributed by atoms with Gasteiger partial charge in [-0.15, -0.1) is 0 Å². The van der Waals surface area contributed by atoms with E-state index in [-0.39, 0.29) is 5.82 Å². The van der Waals surface area contributed by atoms with Crippen LogP contribution >= 0.6 is 0 Å². The van der Waals surface area contributed by atoms with Crippen molar-refractivity contribution in [3.8, 4) is 0 Å². The number of aryl methyl sites for hydroxylation is 1. The van der Waals surface area contributed by atoms with Gasteiger partial charge in [-0.25, -0.2) is 4.39 Å². The second kappa shape index (κ2) is 4.71. The molecule has 2 heterocycles. The lowest BCUT2D eigenvalue weighted by Crippen LogP contribution is -2.15. The number of nitrogens with zero attached hydrogens (tertiary/aromatic N) is 1. The minimum absolute atomic E-state index is 0.140. The number of nitrogens with one attached hydrogen (secondary N) is 1. The number of fused-ring (bicyclic) bond motifs is 2. The van der Waals surface area contributed by atoms with E-state index in [0.717, 1.165) is 25.2 Å². The Bertz CT molecular complexity index is 819. The number of rotatable bonds is 2. The van der Waals surface area contributed by atoms with Gasteiger partial charge in [-0.3, -0.25) is 4.90 Å². The van der Waals surface area contributed by atoms with Gasteiger partial charge >= 0.3 is 0 Å². The van der Waals surface area contributed by atoms with Crippen molar-refractivity contribution in [2.45, 2.75) is 26.6 Å². The fourth-order valence-corrected chi connectivity index (χ4v) is 3.21. The molecule has 3 heteroatoms.